The fourth-order valence-electron chi connectivity index (χ4n) is 4.03. The zero-order chi connectivity index (χ0) is 21.1. The number of benzene rings is 2. The van der Waals surface area contributed by atoms with Crippen molar-refractivity contribution in [1.82, 2.24) is 14.9 Å². The van der Waals surface area contributed by atoms with Crippen LogP contribution in [0, 0.1) is 0 Å². The average molecular weight is 407 g/mol. The highest BCUT2D eigenvalue weighted by Gasteiger charge is 2.23. The molecule has 1 aliphatic rings. The van der Waals surface area contributed by atoms with Crippen LogP contribution in [0.15, 0.2) is 47.5 Å². The SMILES string of the molecule is COc1cc2ncn(CCCC(=O)N[C@H]3CCc4ccccc43)c(=O)c2cc1OC. The molecule has 3 aromatic rings. The Balaban J connectivity index is 1.40. The number of carbonyl (C=O) groups excluding carboxylic acids is 1. The topological polar surface area (TPSA) is 82.5 Å². The number of hydrogen-bond acceptors (Lipinski definition) is 5. The first-order valence-corrected chi connectivity index (χ1v) is 10.1. The largest absolute Gasteiger partial charge is 0.493 e. The zero-order valence-electron chi connectivity index (χ0n) is 17.2. The fraction of sp³-hybridized carbons (Fsp3) is 0.348. The van der Waals surface area contributed by atoms with Crippen molar-refractivity contribution in [1.29, 1.82) is 0 Å². The summed E-state index contributed by atoms with van der Waals surface area (Å²) < 4.78 is 12.1. The maximum atomic E-state index is 12.8. The van der Waals surface area contributed by atoms with Crippen LogP contribution in [0.25, 0.3) is 10.9 Å². The van der Waals surface area contributed by atoms with Crippen LogP contribution in [0.1, 0.15) is 36.4 Å². The van der Waals surface area contributed by atoms with Crippen LogP contribution >= 0.6 is 0 Å². The third kappa shape index (κ3) is 3.87. The number of nitrogens with one attached hydrogen (secondary N) is 1. The molecule has 7 heteroatoms. The van der Waals surface area contributed by atoms with Crippen molar-refractivity contribution < 1.29 is 14.3 Å². The van der Waals surface area contributed by atoms with Gasteiger partial charge in [-0.3, -0.25) is 14.2 Å². The van der Waals surface area contributed by atoms with Crippen molar-refractivity contribution in [3.63, 3.8) is 0 Å². The Labute approximate surface area is 174 Å². The molecule has 1 aliphatic carbocycles. The minimum absolute atomic E-state index is 0.00454. The minimum Gasteiger partial charge on any atom is -0.493 e. The van der Waals surface area contributed by atoms with Gasteiger partial charge in [-0.1, -0.05) is 24.3 Å². The van der Waals surface area contributed by atoms with E-state index in [-0.39, 0.29) is 17.5 Å². The van der Waals surface area contributed by atoms with Gasteiger partial charge in [0.25, 0.3) is 5.56 Å². The molecule has 0 unspecified atom stereocenters. The van der Waals surface area contributed by atoms with Crippen molar-refractivity contribution in [2.75, 3.05) is 14.2 Å². The first-order valence-electron chi connectivity index (χ1n) is 10.1. The normalized spacial score (nSPS) is 15.1. The van der Waals surface area contributed by atoms with E-state index in [4.69, 9.17) is 9.47 Å². The van der Waals surface area contributed by atoms with Crippen LogP contribution in [-0.4, -0.2) is 29.7 Å². The van der Waals surface area contributed by atoms with Gasteiger partial charge < -0.3 is 14.8 Å². The first kappa shape index (κ1) is 19.9. The second kappa shape index (κ2) is 8.57. The summed E-state index contributed by atoms with van der Waals surface area (Å²) in [5.41, 5.74) is 2.91. The summed E-state index contributed by atoms with van der Waals surface area (Å²) in [4.78, 5) is 29.6. The van der Waals surface area contributed by atoms with Gasteiger partial charge in [-0.15, -0.1) is 0 Å². The first-order chi connectivity index (χ1) is 14.6. The number of hydrogen-bond donors (Lipinski definition) is 1. The van der Waals surface area contributed by atoms with Gasteiger partial charge in [-0.05, 0) is 36.5 Å². The maximum absolute atomic E-state index is 12.8. The quantitative estimate of drug-likeness (QED) is 0.651. The minimum atomic E-state index is -0.161. The van der Waals surface area contributed by atoms with Gasteiger partial charge in [0.2, 0.25) is 5.91 Å². The Kier molecular flexibility index (Phi) is 5.70. The van der Waals surface area contributed by atoms with Crippen molar-refractivity contribution in [2.24, 2.45) is 0 Å². The number of nitrogens with zero attached hydrogens (tertiary/aromatic N) is 2. The van der Waals surface area contributed by atoms with Gasteiger partial charge in [0.15, 0.2) is 11.5 Å². The number of amides is 1. The lowest BCUT2D eigenvalue weighted by molar-refractivity contribution is -0.122. The molecule has 1 N–H and O–H groups in total. The van der Waals surface area contributed by atoms with Gasteiger partial charge in [0, 0.05) is 19.0 Å². The maximum Gasteiger partial charge on any atom is 0.261 e. The van der Waals surface area contributed by atoms with Gasteiger partial charge >= 0.3 is 0 Å². The summed E-state index contributed by atoms with van der Waals surface area (Å²) in [6.45, 7) is 0.421. The number of ether oxygens (including phenoxy) is 2. The molecule has 0 fully saturated rings. The van der Waals surface area contributed by atoms with Crippen molar-refractivity contribution in [3.8, 4) is 11.5 Å². The van der Waals surface area contributed by atoms with E-state index < -0.39 is 0 Å². The van der Waals surface area contributed by atoms with Crippen molar-refractivity contribution >= 4 is 16.8 Å². The molecular formula is C23H25N3O4. The molecule has 7 nitrogen and oxygen atoms in total. The van der Waals surface area contributed by atoms with Crippen molar-refractivity contribution in [3.05, 3.63) is 64.2 Å². The molecule has 0 spiro atoms. The molecule has 1 aromatic heterocycles. The molecule has 0 aliphatic heterocycles. The molecule has 1 heterocycles. The van der Waals surface area contributed by atoms with E-state index in [1.165, 1.54) is 29.1 Å². The highest BCUT2D eigenvalue weighted by molar-refractivity contribution is 5.81. The van der Waals surface area contributed by atoms with Gasteiger partial charge in [0.1, 0.15) is 0 Å². The monoisotopic (exact) mass is 407 g/mol. The molecule has 4 rings (SSSR count). The van der Waals surface area contributed by atoms with E-state index >= 15 is 0 Å². The summed E-state index contributed by atoms with van der Waals surface area (Å²) >= 11 is 0. The number of rotatable bonds is 7. The molecule has 30 heavy (non-hydrogen) atoms. The molecule has 156 valence electrons. The third-order valence-electron chi connectivity index (χ3n) is 5.60. The summed E-state index contributed by atoms with van der Waals surface area (Å²) in [7, 11) is 3.07. The van der Waals surface area contributed by atoms with Gasteiger partial charge in [-0.2, -0.15) is 0 Å². The summed E-state index contributed by atoms with van der Waals surface area (Å²) in [5.74, 6) is 1.02. The fourth-order valence-corrected chi connectivity index (χ4v) is 4.03. The van der Waals surface area contributed by atoms with Crippen LogP contribution in [0.3, 0.4) is 0 Å². The standard InChI is InChI=1S/C23H25N3O4/c1-29-20-12-17-19(13-21(20)30-2)24-14-26(23(17)28)11-5-8-22(27)25-18-10-9-15-6-3-4-7-16(15)18/h3-4,6-7,12-14,18H,5,8-11H2,1-2H3,(H,25,27)/t18-/m0/s1. The van der Waals surface area contributed by atoms with E-state index in [9.17, 15) is 9.59 Å². The lowest BCUT2D eigenvalue weighted by Gasteiger charge is -2.14. The molecule has 0 radical (unpaired) electrons. The predicted octanol–water partition coefficient (Wildman–Crippen LogP) is 3.00. The Bertz CT molecular complexity index is 1140. The lowest BCUT2D eigenvalue weighted by Crippen LogP contribution is -2.27. The Hall–Kier alpha value is -3.35. The van der Waals surface area contributed by atoms with E-state index in [0.717, 1.165) is 12.8 Å². The molecular weight excluding hydrogens is 382 g/mol. The smallest absolute Gasteiger partial charge is 0.261 e. The Morgan fingerprint density at radius 2 is 1.97 bits per heavy atom. The third-order valence-corrected chi connectivity index (χ3v) is 5.60. The van der Waals surface area contributed by atoms with Crippen LogP contribution in [0.2, 0.25) is 0 Å². The summed E-state index contributed by atoms with van der Waals surface area (Å²) in [6, 6.07) is 11.7. The van der Waals surface area contributed by atoms with Gasteiger partial charge in [0.05, 0.1) is 37.5 Å². The van der Waals surface area contributed by atoms with Gasteiger partial charge in [-0.25, -0.2) is 4.98 Å². The molecule has 1 amide bonds. The molecule has 2 aromatic carbocycles. The number of carbonyl (C=O) groups is 1. The van der Waals surface area contributed by atoms with Crippen LogP contribution in [-0.2, 0) is 17.8 Å². The molecule has 0 saturated heterocycles. The summed E-state index contributed by atoms with van der Waals surface area (Å²) in [5, 5.41) is 3.58. The second-order valence-electron chi connectivity index (χ2n) is 7.43. The highest BCUT2D eigenvalue weighted by Crippen LogP contribution is 2.31. The lowest BCUT2D eigenvalue weighted by atomic mass is 10.1. The van der Waals surface area contributed by atoms with E-state index in [0.29, 0.717) is 41.8 Å². The number of fused-ring (bicyclic) bond motifs is 2. The molecule has 0 saturated carbocycles. The zero-order valence-corrected chi connectivity index (χ0v) is 17.2. The van der Waals surface area contributed by atoms with Crippen LogP contribution in [0.5, 0.6) is 11.5 Å². The van der Waals surface area contributed by atoms with Crippen molar-refractivity contribution in [2.45, 2.75) is 38.3 Å². The highest BCUT2D eigenvalue weighted by atomic mass is 16.5. The number of aryl methyl sites for hydroxylation is 2. The Morgan fingerprint density at radius 3 is 2.77 bits per heavy atom. The van der Waals surface area contributed by atoms with E-state index in [1.54, 1.807) is 19.2 Å². The predicted molar refractivity (Wildman–Crippen MR) is 114 cm³/mol. The molecule has 0 bridgehead atoms. The van der Waals surface area contributed by atoms with E-state index in [2.05, 4.69) is 22.4 Å². The van der Waals surface area contributed by atoms with Crippen LogP contribution < -0.4 is 20.3 Å². The van der Waals surface area contributed by atoms with E-state index in [1.807, 2.05) is 12.1 Å². The average Bonchev–Trinajstić information content (AvgIpc) is 3.17. The summed E-state index contributed by atoms with van der Waals surface area (Å²) in [6.07, 6.45) is 4.36. The molecule has 1 atom stereocenters. The second-order valence-corrected chi connectivity index (χ2v) is 7.43. The number of aromatic nitrogens is 2. The Morgan fingerprint density at radius 1 is 1.20 bits per heavy atom. The van der Waals surface area contributed by atoms with Crippen LogP contribution in [0.4, 0.5) is 0 Å². The number of methoxy groups -OCH3 is 2.